The molecule has 7 heteroatoms. The molecule has 7 nitrogen and oxygen atoms in total. The average Bonchev–Trinajstić information content (AvgIpc) is 2.97. The smallest absolute Gasteiger partial charge is 0.408 e. The Kier molecular flexibility index (Phi) is 5.93. The van der Waals surface area contributed by atoms with Gasteiger partial charge in [-0.2, -0.15) is 0 Å². The van der Waals surface area contributed by atoms with Crippen molar-refractivity contribution in [3.05, 3.63) is 64.6 Å². The van der Waals surface area contributed by atoms with Crippen molar-refractivity contribution in [1.29, 1.82) is 0 Å². The molecule has 0 aliphatic heterocycles. The van der Waals surface area contributed by atoms with Gasteiger partial charge in [0, 0.05) is 25.6 Å². The zero-order valence-electron chi connectivity index (χ0n) is 15.9. The van der Waals surface area contributed by atoms with Gasteiger partial charge in [0.1, 0.15) is 0 Å². The van der Waals surface area contributed by atoms with E-state index in [0.29, 0.717) is 30.7 Å². The van der Waals surface area contributed by atoms with E-state index in [-0.39, 0.29) is 17.9 Å². The minimum Gasteiger partial charge on any atom is -0.408 e. The van der Waals surface area contributed by atoms with Crippen molar-refractivity contribution in [3.63, 3.8) is 0 Å². The molecule has 1 unspecified atom stereocenters. The van der Waals surface area contributed by atoms with E-state index in [4.69, 9.17) is 4.42 Å². The fraction of sp³-hybridized carbons (Fsp3) is 0.286. The summed E-state index contributed by atoms with van der Waals surface area (Å²) in [7, 11) is 0. The maximum Gasteiger partial charge on any atom is 0.419 e. The van der Waals surface area contributed by atoms with Crippen molar-refractivity contribution in [2.75, 3.05) is 5.32 Å². The molecule has 3 aromatic rings. The molecule has 28 heavy (non-hydrogen) atoms. The SMILES string of the molecule is CC(=O)Nc1cccc(C(C)NC(=O)CCCn2c(=O)oc3ccccc32)c1. The first-order valence-electron chi connectivity index (χ1n) is 9.19. The number of nitrogens with one attached hydrogen (secondary N) is 2. The van der Waals surface area contributed by atoms with Crippen molar-refractivity contribution < 1.29 is 14.0 Å². The first kappa shape index (κ1) is 19.4. The molecule has 146 valence electrons. The molecule has 0 radical (unpaired) electrons. The minimum absolute atomic E-state index is 0.0988. The van der Waals surface area contributed by atoms with Crippen LogP contribution in [-0.2, 0) is 16.1 Å². The summed E-state index contributed by atoms with van der Waals surface area (Å²) in [6, 6.07) is 14.4. The molecule has 2 amide bonds. The number of fused-ring (bicyclic) bond motifs is 1. The number of amides is 2. The Morgan fingerprint density at radius 3 is 2.71 bits per heavy atom. The third-order valence-corrected chi connectivity index (χ3v) is 4.44. The summed E-state index contributed by atoms with van der Waals surface area (Å²) in [5.74, 6) is -0.654. The number of hydrogen-bond acceptors (Lipinski definition) is 4. The number of aromatic nitrogens is 1. The second kappa shape index (κ2) is 8.56. The number of carbonyl (C=O) groups excluding carboxylic acids is 2. The summed E-state index contributed by atoms with van der Waals surface area (Å²) >= 11 is 0. The van der Waals surface area contributed by atoms with Crippen LogP contribution >= 0.6 is 0 Å². The van der Waals surface area contributed by atoms with Crippen LogP contribution < -0.4 is 16.4 Å². The predicted octanol–water partition coefficient (Wildman–Crippen LogP) is 3.21. The van der Waals surface area contributed by atoms with Gasteiger partial charge in [-0.05, 0) is 43.2 Å². The van der Waals surface area contributed by atoms with Gasteiger partial charge in [-0.15, -0.1) is 0 Å². The topological polar surface area (TPSA) is 93.3 Å². The molecule has 0 saturated heterocycles. The van der Waals surface area contributed by atoms with Crippen molar-refractivity contribution in [2.45, 2.75) is 39.3 Å². The second-order valence-corrected chi connectivity index (χ2v) is 6.69. The van der Waals surface area contributed by atoms with E-state index in [1.165, 1.54) is 6.92 Å². The van der Waals surface area contributed by atoms with Gasteiger partial charge in [0.2, 0.25) is 11.8 Å². The monoisotopic (exact) mass is 381 g/mol. The van der Waals surface area contributed by atoms with Gasteiger partial charge in [0.25, 0.3) is 0 Å². The molecule has 3 rings (SSSR count). The molecule has 0 aliphatic rings. The fourth-order valence-electron chi connectivity index (χ4n) is 3.11. The standard InChI is InChI=1S/C21H23N3O4/c1-14(16-7-5-8-17(13-16)23-15(2)25)22-20(26)11-6-12-24-18-9-3-4-10-19(18)28-21(24)27/h3-5,7-10,13-14H,6,11-12H2,1-2H3,(H,22,26)(H,23,25). The van der Waals surface area contributed by atoms with Crippen molar-refractivity contribution >= 4 is 28.6 Å². The number of nitrogens with zero attached hydrogens (tertiary/aromatic N) is 1. The summed E-state index contributed by atoms with van der Waals surface area (Å²) in [4.78, 5) is 35.4. The lowest BCUT2D eigenvalue weighted by molar-refractivity contribution is -0.122. The Balaban J connectivity index is 1.55. The Hall–Kier alpha value is -3.35. The van der Waals surface area contributed by atoms with Crippen molar-refractivity contribution in [2.24, 2.45) is 0 Å². The quantitative estimate of drug-likeness (QED) is 0.657. The second-order valence-electron chi connectivity index (χ2n) is 6.69. The third-order valence-electron chi connectivity index (χ3n) is 4.44. The maximum absolute atomic E-state index is 12.3. The van der Waals surface area contributed by atoms with E-state index in [2.05, 4.69) is 10.6 Å². The zero-order valence-corrected chi connectivity index (χ0v) is 15.9. The highest BCUT2D eigenvalue weighted by Crippen LogP contribution is 2.18. The van der Waals surface area contributed by atoms with Crippen LogP contribution in [0.2, 0.25) is 0 Å². The van der Waals surface area contributed by atoms with Crippen LogP contribution in [0.15, 0.2) is 57.7 Å². The number of carbonyl (C=O) groups is 2. The van der Waals surface area contributed by atoms with Crippen LogP contribution in [0.5, 0.6) is 0 Å². The molecule has 2 aromatic carbocycles. The summed E-state index contributed by atoms with van der Waals surface area (Å²) < 4.78 is 6.74. The molecule has 0 aliphatic carbocycles. The van der Waals surface area contributed by atoms with Crippen molar-refractivity contribution in [1.82, 2.24) is 9.88 Å². The van der Waals surface area contributed by atoms with E-state index in [9.17, 15) is 14.4 Å². The molecule has 2 N–H and O–H groups in total. The average molecular weight is 381 g/mol. The Labute approximate surface area is 162 Å². The van der Waals surface area contributed by atoms with Gasteiger partial charge in [0.15, 0.2) is 5.58 Å². The number of oxazole rings is 1. The summed E-state index contributed by atoms with van der Waals surface area (Å²) in [6.07, 6.45) is 0.815. The summed E-state index contributed by atoms with van der Waals surface area (Å²) in [5, 5.41) is 5.68. The number of hydrogen-bond donors (Lipinski definition) is 2. The van der Waals surface area contributed by atoms with Gasteiger partial charge < -0.3 is 15.1 Å². The largest absolute Gasteiger partial charge is 0.419 e. The molecular formula is C21H23N3O4. The predicted molar refractivity (Wildman–Crippen MR) is 107 cm³/mol. The molecule has 0 saturated carbocycles. The lowest BCUT2D eigenvalue weighted by Gasteiger charge is -2.15. The van der Waals surface area contributed by atoms with Gasteiger partial charge in [-0.25, -0.2) is 4.79 Å². The molecule has 1 atom stereocenters. The first-order valence-corrected chi connectivity index (χ1v) is 9.19. The normalized spacial score (nSPS) is 11.9. The highest BCUT2D eigenvalue weighted by atomic mass is 16.4. The van der Waals surface area contributed by atoms with Crippen LogP contribution in [-0.4, -0.2) is 16.4 Å². The number of para-hydroxylation sites is 2. The van der Waals surface area contributed by atoms with Crippen LogP contribution in [0.4, 0.5) is 5.69 Å². The summed E-state index contributed by atoms with van der Waals surface area (Å²) in [6.45, 7) is 3.75. The lowest BCUT2D eigenvalue weighted by atomic mass is 10.1. The number of aryl methyl sites for hydroxylation is 1. The number of anilines is 1. The third kappa shape index (κ3) is 4.68. The Morgan fingerprint density at radius 2 is 1.93 bits per heavy atom. The Bertz CT molecular complexity index is 1050. The minimum atomic E-state index is -0.412. The van der Waals surface area contributed by atoms with E-state index in [1.807, 2.05) is 43.3 Å². The van der Waals surface area contributed by atoms with Crippen molar-refractivity contribution in [3.8, 4) is 0 Å². The van der Waals surface area contributed by atoms with E-state index in [0.717, 1.165) is 11.1 Å². The van der Waals surface area contributed by atoms with Gasteiger partial charge in [-0.3, -0.25) is 14.2 Å². The molecule has 1 aromatic heterocycles. The van der Waals surface area contributed by atoms with Crippen LogP contribution in [0.1, 0.15) is 38.3 Å². The fourth-order valence-corrected chi connectivity index (χ4v) is 3.11. The van der Waals surface area contributed by atoms with Gasteiger partial charge >= 0.3 is 5.76 Å². The number of rotatable bonds is 7. The van der Waals surface area contributed by atoms with E-state index in [1.54, 1.807) is 16.7 Å². The van der Waals surface area contributed by atoms with Crippen LogP contribution in [0.25, 0.3) is 11.1 Å². The van der Waals surface area contributed by atoms with Crippen LogP contribution in [0.3, 0.4) is 0 Å². The molecule has 0 spiro atoms. The number of benzene rings is 2. The van der Waals surface area contributed by atoms with E-state index >= 15 is 0 Å². The molecule has 0 bridgehead atoms. The maximum atomic E-state index is 12.3. The van der Waals surface area contributed by atoms with Gasteiger partial charge in [0.05, 0.1) is 11.6 Å². The Morgan fingerprint density at radius 1 is 1.14 bits per heavy atom. The summed E-state index contributed by atoms with van der Waals surface area (Å²) in [5.41, 5.74) is 2.87. The molecular weight excluding hydrogens is 358 g/mol. The first-order chi connectivity index (χ1) is 13.4. The van der Waals surface area contributed by atoms with Crippen LogP contribution in [0, 0.1) is 0 Å². The van der Waals surface area contributed by atoms with E-state index < -0.39 is 5.76 Å². The lowest BCUT2D eigenvalue weighted by Crippen LogP contribution is -2.27. The van der Waals surface area contributed by atoms with Gasteiger partial charge in [-0.1, -0.05) is 24.3 Å². The zero-order chi connectivity index (χ0) is 20.1. The highest BCUT2D eigenvalue weighted by Gasteiger charge is 2.12. The molecule has 1 heterocycles. The molecule has 0 fully saturated rings. The highest BCUT2D eigenvalue weighted by molar-refractivity contribution is 5.88.